The van der Waals surface area contributed by atoms with Crippen LogP contribution in [0, 0.1) is 0 Å². The smallest absolute Gasteiger partial charge is 0.253 e. The minimum atomic E-state index is 0.0888. The van der Waals surface area contributed by atoms with Gasteiger partial charge in [0.15, 0.2) is 0 Å². The van der Waals surface area contributed by atoms with Gasteiger partial charge in [-0.15, -0.1) is 0 Å². The van der Waals surface area contributed by atoms with Crippen molar-refractivity contribution in [3.63, 3.8) is 0 Å². The minimum absolute atomic E-state index is 0.0888. The Bertz CT molecular complexity index is 1090. The maximum atomic E-state index is 13.0. The summed E-state index contributed by atoms with van der Waals surface area (Å²) in [6, 6.07) is 16.0. The average molecular weight is 357 g/mol. The van der Waals surface area contributed by atoms with Gasteiger partial charge in [0.05, 0.1) is 5.69 Å². The molecule has 1 aliphatic heterocycles. The highest BCUT2D eigenvalue weighted by Crippen LogP contribution is 2.30. The number of nitrogens with zero attached hydrogens (tertiary/aromatic N) is 3. The predicted octanol–water partition coefficient (Wildman–Crippen LogP) is 3.58. The number of hydrogen-bond acceptors (Lipinski definition) is 3. The van der Waals surface area contributed by atoms with Gasteiger partial charge in [-0.1, -0.05) is 24.3 Å². The Kier molecular flexibility index (Phi) is 3.74. The van der Waals surface area contributed by atoms with Crippen molar-refractivity contribution in [1.29, 1.82) is 0 Å². The molecule has 2 aromatic heterocycles. The van der Waals surface area contributed by atoms with Crippen molar-refractivity contribution in [2.24, 2.45) is 0 Å². The van der Waals surface area contributed by atoms with E-state index < -0.39 is 0 Å². The molecule has 6 nitrogen and oxygen atoms in total. The highest BCUT2D eigenvalue weighted by atomic mass is 16.2. The van der Waals surface area contributed by atoms with Gasteiger partial charge in [0.2, 0.25) is 0 Å². The van der Waals surface area contributed by atoms with E-state index in [1.165, 1.54) is 0 Å². The quantitative estimate of drug-likeness (QED) is 0.588. The molecule has 1 atom stereocenters. The number of carbonyl (C=O) groups is 1. The van der Waals surface area contributed by atoms with Crippen LogP contribution in [0.1, 0.15) is 28.4 Å². The number of hydrogen-bond donors (Lipinski definition) is 2. The molecule has 2 N–H and O–H groups in total. The Morgan fingerprint density at radius 3 is 2.74 bits per heavy atom. The van der Waals surface area contributed by atoms with Crippen LogP contribution >= 0.6 is 0 Å². The standard InChI is InChI=1S/C21H19N5O/c27-21(26-11-8-16(13-26)19-6-9-22-24-19)15-4-5-17-14(12-15)2-1-3-18(17)20-7-10-23-25-20/h1-7,9-10,12,16H,8,11,13H2,(H,22,24)(H,23,25). The molecule has 1 amide bonds. The summed E-state index contributed by atoms with van der Waals surface area (Å²) >= 11 is 0. The summed E-state index contributed by atoms with van der Waals surface area (Å²) in [5.41, 5.74) is 3.90. The Balaban J connectivity index is 1.43. The number of amides is 1. The number of aromatic amines is 2. The zero-order chi connectivity index (χ0) is 18.2. The lowest BCUT2D eigenvalue weighted by molar-refractivity contribution is 0.0791. The fourth-order valence-corrected chi connectivity index (χ4v) is 3.93. The average Bonchev–Trinajstić information content (AvgIpc) is 3.48. The number of nitrogens with one attached hydrogen (secondary N) is 2. The van der Waals surface area contributed by atoms with Gasteiger partial charge < -0.3 is 4.90 Å². The predicted molar refractivity (Wildman–Crippen MR) is 103 cm³/mol. The van der Waals surface area contributed by atoms with Crippen LogP contribution in [0.15, 0.2) is 60.9 Å². The van der Waals surface area contributed by atoms with Gasteiger partial charge in [0.1, 0.15) is 0 Å². The van der Waals surface area contributed by atoms with Crippen molar-refractivity contribution >= 4 is 16.7 Å². The molecule has 0 bridgehead atoms. The van der Waals surface area contributed by atoms with E-state index >= 15 is 0 Å². The van der Waals surface area contributed by atoms with Crippen molar-refractivity contribution in [3.8, 4) is 11.3 Å². The topological polar surface area (TPSA) is 77.7 Å². The summed E-state index contributed by atoms with van der Waals surface area (Å²) in [6.07, 6.45) is 4.47. The molecule has 1 aliphatic rings. The summed E-state index contributed by atoms with van der Waals surface area (Å²) in [5, 5.41) is 16.3. The molecule has 1 unspecified atom stereocenters. The summed E-state index contributed by atoms with van der Waals surface area (Å²) < 4.78 is 0. The number of carbonyl (C=O) groups excluding carboxylic acids is 1. The zero-order valence-electron chi connectivity index (χ0n) is 14.7. The summed E-state index contributed by atoms with van der Waals surface area (Å²) in [7, 11) is 0. The van der Waals surface area contributed by atoms with Crippen molar-refractivity contribution in [2.75, 3.05) is 13.1 Å². The van der Waals surface area contributed by atoms with E-state index in [4.69, 9.17) is 0 Å². The molecule has 0 radical (unpaired) electrons. The highest BCUT2D eigenvalue weighted by Gasteiger charge is 2.28. The number of aromatic nitrogens is 4. The molecule has 0 aliphatic carbocycles. The largest absolute Gasteiger partial charge is 0.338 e. The van der Waals surface area contributed by atoms with E-state index in [0.29, 0.717) is 5.92 Å². The third kappa shape index (κ3) is 2.79. The Hall–Kier alpha value is -3.41. The SMILES string of the molecule is O=C(c1ccc2c(-c3ccn[nH]3)cccc2c1)N1CCC(c2ccn[nH]2)C1. The van der Waals surface area contributed by atoms with Crippen LogP contribution in [0.3, 0.4) is 0 Å². The van der Waals surface area contributed by atoms with Crippen molar-refractivity contribution in [1.82, 2.24) is 25.3 Å². The second kappa shape index (κ2) is 6.39. The molecule has 1 fully saturated rings. The first-order chi connectivity index (χ1) is 13.3. The normalized spacial score (nSPS) is 16.9. The van der Waals surface area contributed by atoms with Crippen LogP contribution < -0.4 is 0 Å². The van der Waals surface area contributed by atoms with Crippen molar-refractivity contribution < 1.29 is 4.79 Å². The molecular weight excluding hydrogens is 338 g/mol. The van der Waals surface area contributed by atoms with E-state index in [1.54, 1.807) is 12.4 Å². The molecule has 3 heterocycles. The van der Waals surface area contributed by atoms with E-state index in [0.717, 1.165) is 52.8 Å². The first-order valence-corrected chi connectivity index (χ1v) is 9.11. The number of H-pyrrole nitrogens is 2. The fourth-order valence-electron chi connectivity index (χ4n) is 3.93. The van der Waals surface area contributed by atoms with Gasteiger partial charge >= 0.3 is 0 Å². The minimum Gasteiger partial charge on any atom is -0.338 e. The molecule has 27 heavy (non-hydrogen) atoms. The monoisotopic (exact) mass is 357 g/mol. The molecule has 2 aromatic carbocycles. The first kappa shape index (κ1) is 15.8. The second-order valence-electron chi connectivity index (χ2n) is 6.96. The molecule has 5 rings (SSSR count). The van der Waals surface area contributed by atoms with Gasteiger partial charge in [-0.05, 0) is 41.5 Å². The summed E-state index contributed by atoms with van der Waals surface area (Å²) in [6.45, 7) is 1.50. The fraction of sp³-hybridized carbons (Fsp3) is 0.190. The van der Waals surface area contributed by atoms with Crippen LogP contribution in [-0.2, 0) is 0 Å². The third-order valence-corrected chi connectivity index (χ3v) is 5.36. The van der Waals surface area contributed by atoms with Gasteiger partial charge in [0.25, 0.3) is 5.91 Å². The summed E-state index contributed by atoms with van der Waals surface area (Å²) in [4.78, 5) is 14.9. The van der Waals surface area contributed by atoms with Crippen LogP contribution in [0.2, 0.25) is 0 Å². The summed E-state index contributed by atoms with van der Waals surface area (Å²) in [5.74, 6) is 0.426. The molecule has 6 heteroatoms. The van der Waals surface area contributed by atoms with E-state index in [1.807, 2.05) is 47.4 Å². The third-order valence-electron chi connectivity index (χ3n) is 5.36. The number of rotatable bonds is 3. The van der Waals surface area contributed by atoms with Crippen LogP contribution in [0.4, 0.5) is 0 Å². The highest BCUT2D eigenvalue weighted by molar-refractivity contribution is 6.02. The Labute approximate surface area is 156 Å². The molecule has 134 valence electrons. The number of likely N-dealkylation sites (tertiary alicyclic amines) is 1. The van der Waals surface area contributed by atoms with Gasteiger partial charge in [-0.25, -0.2) is 0 Å². The maximum absolute atomic E-state index is 13.0. The number of fused-ring (bicyclic) bond motifs is 1. The van der Waals surface area contributed by atoms with E-state index in [9.17, 15) is 4.79 Å². The zero-order valence-corrected chi connectivity index (χ0v) is 14.7. The van der Waals surface area contributed by atoms with Crippen molar-refractivity contribution in [3.05, 3.63) is 72.2 Å². The van der Waals surface area contributed by atoms with Crippen LogP contribution in [0.5, 0.6) is 0 Å². The van der Waals surface area contributed by atoms with Crippen LogP contribution in [0.25, 0.3) is 22.0 Å². The lowest BCUT2D eigenvalue weighted by Crippen LogP contribution is -2.28. The molecule has 0 saturated carbocycles. The molecule has 0 spiro atoms. The van der Waals surface area contributed by atoms with Gasteiger partial charge in [-0.2, -0.15) is 10.2 Å². The van der Waals surface area contributed by atoms with Crippen molar-refractivity contribution in [2.45, 2.75) is 12.3 Å². The van der Waals surface area contributed by atoms with Crippen LogP contribution in [-0.4, -0.2) is 44.3 Å². The molecule has 1 saturated heterocycles. The van der Waals surface area contributed by atoms with Gasteiger partial charge in [0, 0.05) is 48.2 Å². The number of benzene rings is 2. The lowest BCUT2D eigenvalue weighted by atomic mass is 10.00. The Morgan fingerprint density at radius 2 is 1.93 bits per heavy atom. The Morgan fingerprint density at radius 1 is 1.04 bits per heavy atom. The molecule has 4 aromatic rings. The maximum Gasteiger partial charge on any atom is 0.253 e. The van der Waals surface area contributed by atoms with E-state index in [2.05, 4.69) is 26.5 Å². The van der Waals surface area contributed by atoms with Gasteiger partial charge in [-0.3, -0.25) is 15.0 Å². The van der Waals surface area contributed by atoms with E-state index in [-0.39, 0.29) is 5.91 Å². The lowest BCUT2D eigenvalue weighted by Gasteiger charge is -2.17. The first-order valence-electron chi connectivity index (χ1n) is 9.11. The molecular formula is C21H19N5O. The second-order valence-corrected chi connectivity index (χ2v) is 6.96.